The van der Waals surface area contributed by atoms with Crippen molar-refractivity contribution in [1.82, 2.24) is 9.80 Å². The smallest absolute Gasteiger partial charge is 0.336 e. The number of halogens is 1. The Morgan fingerprint density at radius 1 is 1.23 bits per heavy atom. The van der Waals surface area contributed by atoms with Gasteiger partial charge in [-0.25, -0.2) is 4.79 Å². The summed E-state index contributed by atoms with van der Waals surface area (Å²) in [6.07, 6.45) is 3.14. The van der Waals surface area contributed by atoms with Crippen LogP contribution in [0.4, 0.5) is 0 Å². The van der Waals surface area contributed by atoms with Crippen molar-refractivity contribution in [2.24, 2.45) is 0 Å². The van der Waals surface area contributed by atoms with E-state index in [0.29, 0.717) is 17.7 Å². The molecular weight excluding hydrogens is 348 g/mol. The van der Waals surface area contributed by atoms with Crippen molar-refractivity contribution in [2.75, 3.05) is 20.1 Å². The third kappa shape index (κ3) is 4.13. The minimum atomic E-state index is -0.292. The molecule has 1 aliphatic rings. The molecule has 0 N–H and O–H groups in total. The van der Waals surface area contributed by atoms with Crippen LogP contribution in [0.25, 0.3) is 11.0 Å². The number of likely N-dealkylation sites (tertiary alicyclic amines) is 1. The lowest BCUT2D eigenvalue weighted by molar-refractivity contribution is 0.104. The van der Waals surface area contributed by atoms with Gasteiger partial charge in [-0.3, -0.25) is 4.90 Å². The summed E-state index contributed by atoms with van der Waals surface area (Å²) >= 11 is 6.41. The van der Waals surface area contributed by atoms with Gasteiger partial charge in [0.1, 0.15) is 5.58 Å². The average molecular weight is 377 g/mol. The molecule has 1 fully saturated rings. The monoisotopic (exact) mass is 376 g/mol. The quantitative estimate of drug-likeness (QED) is 0.728. The lowest BCUT2D eigenvalue weighted by Gasteiger charge is -2.38. The molecule has 26 heavy (non-hydrogen) atoms. The van der Waals surface area contributed by atoms with Crippen molar-refractivity contribution < 1.29 is 4.42 Å². The number of benzene rings is 1. The first-order valence-corrected chi connectivity index (χ1v) is 9.96. The molecule has 0 bridgehead atoms. The van der Waals surface area contributed by atoms with E-state index in [9.17, 15) is 4.79 Å². The third-order valence-electron chi connectivity index (χ3n) is 5.65. The second-order valence-electron chi connectivity index (χ2n) is 7.66. The van der Waals surface area contributed by atoms with Crippen LogP contribution in [-0.4, -0.2) is 42.0 Å². The number of rotatable bonds is 5. The second kappa shape index (κ2) is 8.12. The van der Waals surface area contributed by atoms with Crippen LogP contribution in [0.15, 0.2) is 27.4 Å². The van der Waals surface area contributed by atoms with Crippen LogP contribution in [0.5, 0.6) is 0 Å². The van der Waals surface area contributed by atoms with E-state index < -0.39 is 0 Å². The molecular formula is C21H29ClN2O2. The summed E-state index contributed by atoms with van der Waals surface area (Å²) < 4.78 is 5.43. The Morgan fingerprint density at radius 3 is 2.54 bits per heavy atom. The van der Waals surface area contributed by atoms with E-state index in [-0.39, 0.29) is 5.63 Å². The number of hydrogen-bond acceptors (Lipinski definition) is 4. The predicted molar refractivity (Wildman–Crippen MR) is 108 cm³/mol. The van der Waals surface area contributed by atoms with E-state index in [1.165, 1.54) is 0 Å². The van der Waals surface area contributed by atoms with E-state index in [0.717, 1.165) is 60.4 Å². The molecule has 0 amide bonds. The van der Waals surface area contributed by atoms with Crippen molar-refractivity contribution in [3.8, 4) is 0 Å². The van der Waals surface area contributed by atoms with Gasteiger partial charge < -0.3 is 9.32 Å². The van der Waals surface area contributed by atoms with E-state index in [1.54, 1.807) is 6.07 Å². The minimum absolute atomic E-state index is 0.292. The van der Waals surface area contributed by atoms with E-state index in [2.05, 4.69) is 30.7 Å². The standard InChI is InChI=1S/C21H29ClN2O2/c1-5-15-10-20-18(12-19(15)22)16(11-21(25)26-20)13-23(4)17-6-8-24(9-7-17)14(2)3/h10-12,14,17H,5-9,13H2,1-4H3. The fourth-order valence-corrected chi connectivity index (χ4v) is 4.23. The van der Waals surface area contributed by atoms with Gasteiger partial charge in [0.25, 0.3) is 0 Å². The molecule has 1 saturated heterocycles. The number of hydrogen-bond donors (Lipinski definition) is 0. The molecule has 0 radical (unpaired) electrons. The first kappa shape index (κ1) is 19.4. The van der Waals surface area contributed by atoms with E-state index in [4.69, 9.17) is 16.0 Å². The first-order chi connectivity index (χ1) is 12.4. The molecule has 5 heteroatoms. The molecule has 1 aliphatic heterocycles. The van der Waals surface area contributed by atoms with Gasteiger partial charge in [-0.1, -0.05) is 18.5 Å². The topological polar surface area (TPSA) is 36.7 Å². The zero-order chi connectivity index (χ0) is 18.8. The first-order valence-electron chi connectivity index (χ1n) is 9.58. The third-order valence-corrected chi connectivity index (χ3v) is 6.00. The van der Waals surface area contributed by atoms with E-state index in [1.807, 2.05) is 19.1 Å². The zero-order valence-electron chi connectivity index (χ0n) is 16.2. The molecule has 142 valence electrons. The molecule has 1 aromatic heterocycles. The summed E-state index contributed by atoms with van der Waals surface area (Å²) in [5.74, 6) is 0. The zero-order valence-corrected chi connectivity index (χ0v) is 17.0. The Bertz CT molecular complexity index is 823. The molecule has 2 aromatic rings. The Labute approximate surface area is 160 Å². The summed E-state index contributed by atoms with van der Waals surface area (Å²) in [5, 5.41) is 1.68. The van der Waals surface area contributed by atoms with Gasteiger partial charge in [-0.05, 0) is 76.5 Å². The maximum atomic E-state index is 12.0. The van der Waals surface area contributed by atoms with Gasteiger partial charge in [0.15, 0.2) is 0 Å². The van der Waals surface area contributed by atoms with Crippen LogP contribution in [-0.2, 0) is 13.0 Å². The Balaban J connectivity index is 1.82. The molecule has 1 aromatic carbocycles. The summed E-state index contributed by atoms with van der Waals surface area (Å²) in [5.41, 5.74) is 2.35. The maximum absolute atomic E-state index is 12.0. The van der Waals surface area contributed by atoms with Crippen LogP contribution in [0.3, 0.4) is 0 Å². The fourth-order valence-electron chi connectivity index (χ4n) is 3.93. The van der Waals surface area contributed by atoms with Gasteiger partial charge in [-0.2, -0.15) is 0 Å². The highest BCUT2D eigenvalue weighted by molar-refractivity contribution is 6.32. The molecule has 2 heterocycles. The van der Waals surface area contributed by atoms with Crippen LogP contribution < -0.4 is 5.63 Å². The van der Waals surface area contributed by atoms with Gasteiger partial charge >= 0.3 is 5.63 Å². The molecule has 0 unspecified atom stereocenters. The number of piperidine rings is 1. The summed E-state index contributed by atoms with van der Waals surface area (Å²) in [7, 11) is 2.15. The molecule has 3 rings (SSSR count). The number of nitrogens with zero attached hydrogens (tertiary/aromatic N) is 2. The van der Waals surface area contributed by atoms with Gasteiger partial charge in [0.05, 0.1) is 0 Å². The van der Waals surface area contributed by atoms with Crippen LogP contribution in [0, 0.1) is 0 Å². The van der Waals surface area contributed by atoms with Gasteiger partial charge in [-0.15, -0.1) is 0 Å². The molecule has 0 atom stereocenters. The lowest BCUT2D eigenvalue weighted by Crippen LogP contribution is -2.45. The highest BCUT2D eigenvalue weighted by Crippen LogP contribution is 2.27. The van der Waals surface area contributed by atoms with Crippen molar-refractivity contribution in [1.29, 1.82) is 0 Å². The SMILES string of the molecule is CCc1cc2oc(=O)cc(CN(C)C3CCN(C(C)C)CC3)c2cc1Cl. The van der Waals surface area contributed by atoms with Crippen LogP contribution >= 0.6 is 11.6 Å². The van der Waals surface area contributed by atoms with Crippen LogP contribution in [0.1, 0.15) is 44.7 Å². The van der Waals surface area contributed by atoms with E-state index >= 15 is 0 Å². The lowest BCUT2D eigenvalue weighted by atomic mass is 10.0. The Hall–Kier alpha value is -1.36. The number of fused-ring (bicyclic) bond motifs is 1. The highest BCUT2D eigenvalue weighted by Gasteiger charge is 2.24. The Morgan fingerprint density at radius 2 is 1.92 bits per heavy atom. The molecule has 0 saturated carbocycles. The average Bonchev–Trinajstić information content (AvgIpc) is 2.61. The largest absolute Gasteiger partial charge is 0.423 e. The maximum Gasteiger partial charge on any atom is 0.336 e. The van der Waals surface area contributed by atoms with Crippen molar-refractivity contribution >= 4 is 22.6 Å². The predicted octanol–water partition coefficient (Wildman–Crippen LogP) is 4.31. The minimum Gasteiger partial charge on any atom is -0.423 e. The van der Waals surface area contributed by atoms with Gasteiger partial charge in [0.2, 0.25) is 0 Å². The van der Waals surface area contributed by atoms with Gasteiger partial charge in [0, 0.05) is 35.1 Å². The Kier molecular flexibility index (Phi) is 6.06. The second-order valence-corrected chi connectivity index (χ2v) is 8.07. The molecule has 4 nitrogen and oxygen atoms in total. The van der Waals surface area contributed by atoms with Crippen molar-refractivity contribution in [3.63, 3.8) is 0 Å². The fraction of sp³-hybridized carbons (Fsp3) is 0.571. The number of aryl methyl sites for hydroxylation is 1. The van der Waals surface area contributed by atoms with Crippen molar-refractivity contribution in [3.05, 3.63) is 44.8 Å². The summed E-state index contributed by atoms with van der Waals surface area (Å²) in [4.78, 5) is 16.9. The normalized spacial score (nSPS) is 16.9. The summed E-state index contributed by atoms with van der Waals surface area (Å²) in [6.45, 7) is 9.57. The van der Waals surface area contributed by atoms with Crippen molar-refractivity contribution in [2.45, 2.75) is 58.7 Å². The molecule has 0 aliphatic carbocycles. The van der Waals surface area contributed by atoms with Crippen LogP contribution in [0.2, 0.25) is 5.02 Å². The summed E-state index contributed by atoms with van der Waals surface area (Å²) in [6, 6.07) is 6.62. The highest BCUT2D eigenvalue weighted by atomic mass is 35.5. The molecule has 0 spiro atoms.